The third kappa shape index (κ3) is 16.8. The van der Waals surface area contributed by atoms with Crippen molar-refractivity contribution in [3.8, 4) is 0 Å². The van der Waals surface area contributed by atoms with Gasteiger partial charge in [0.05, 0.1) is 146 Å². The topological polar surface area (TPSA) is 380 Å². The van der Waals surface area contributed by atoms with Gasteiger partial charge in [0.15, 0.2) is 0 Å². The SMILES string of the molecule is CO[C@]1(C)OC2C3NC(NC4NC(NC5NC(NC6NC(N3)C3C(OCCOS(=O)(=O)c7ccc(C)cc7)CCC(OCCOS(=O)(=O)c7ccc(C)cc7)C63)C3O[C@@](C)(OC)[C@](C)(OC)OC53)C3C(OCCOS(=O)(=O)c5ccc(C)cc5)CCC(OCCOS(=O)(=O)c5ccc(C)cc5)C43)C2O[C@@]1(C)OC. The van der Waals surface area contributed by atoms with Gasteiger partial charge in [-0.25, -0.2) is 0 Å². The fourth-order valence-electron chi connectivity index (χ4n) is 16.7. The van der Waals surface area contributed by atoms with E-state index in [0.717, 1.165) is 22.3 Å². The highest BCUT2D eigenvalue weighted by molar-refractivity contribution is 7.87. The Balaban J connectivity index is 0.873. The first-order valence-electron chi connectivity index (χ1n) is 36.6. The summed E-state index contributed by atoms with van der Waals surface area (Å²) in [6.45, 7) is 12.5. The van der Waals surface area contributed by atoms with E-state index < -0.39 is 185 Å². The van der Waals surface area contributed by atoms with Gasteiger partial charge in [0.1, 0.15) is 24.4 Å². The summed E-state index contributed by atoms with van der Waals surface area (Å²) < 4.78 is 212. The Hall–Kier alpha value is -4.28. The molecule has 20 unspecified atom stereocenters. The Labute approximate surface area is 633 Å². The van der Waals surface area contributed by atoms with Gasteiger partial charge in [0.25, 0.3) is 40.5 Å². The lowest BCUT2D eigenvalue weighted by Crippen LogP contribution is -2.69. The van der Waals surface area contributed by atoms with Crippen LogP contribution in [0.2, 0.25) is 0 Å². The molecular formula is C72H104N8O24S4. The van der Waals surface area contributed by atoms with Gasteiger partial charge in [-0.05, 0) is 130 Å². The third-order valence-electron chi connectivity index (χ3n) is 23.0. The maximum atomic E-state index is 13.6. The fraction of sp³-hybridized carbons (Fsp3) is 0.667. The molecule has 7 heterocycles. The van der Waals surface area contributed by atoms with Gasteiger partial charge in [0, 0.05) is 52.1 Å². The third-order valence-corrected chi connectivity index (χ3v) is 28.3. The lowest BCUT2D eigenvalue weighted by atomic mass is 9.74. The molecule has 0 amide bonds. The highest BCUT2D eigenvalue weighted by Crippen LogP contribution is 2.49. The predicted octanol–water partition coefficient (Wildman–Crippen LogP) is 2.85. The van der Waals surface area contributed by atoms with Crippen molar-refractivity contribution in [1.29, 1.82) is 0 Å². The highest BCUT2D eigenvalue weighted by Gasteiger charge is 2.67. The van der Waals surface area contributed by atoms with Crippen LogP contribution in [0.1, 0.15) is 75.6 Å². The Morgan fingerprint density at radius 3 is 0.657 bits per heavy atom. The van der Waals surface area contributed by atoms with E-state index in [1.165, 1.54) is 77.0 Å². The second-order valence-corrected chi connectivity index (χ2v) is 36.0. The minimum absolute atomic E-state index is 0.00417. The number of hydrogen-bond acceptors (Lipinski definition) is 32. The van der Waals surface area contributed by atoms with Crippen molar-refractivity contribution in [3.05, 3.63) is 119 Å². The van der Waals surface area contributed by atoms with Crippen molar-refractivity contribution in [1.82, 2.24) is 42.5 Å². The summed E-state index contributed by atoms with van der Waals surface area (Å²) in [4.78, 5) is -0.0167. The first-order valence-corrected chi connectivity index (χ1v) is 42.3. The molecule has 9 aliphatic rings. The molecule has 0 aromatic heterocycles. The minimum atomic E-state index is -4.19. The molecule has 9 fully saturated rings. The van der Waals surface area contributed by atoms with E-state index in [0.29, 0.717) is 25.7 Å². The zero-order chi connectivity index (χ0) is 76.9. The molecule has 7 saturated heterocycles. The summed E-state index contributed by atoms with van der Waals surface area (Å²) in [5.41, 5.74) is 3.50. The first-order chi connectivity index (χ1) is 51.3. The van der Waals surface area contributed by atoms with Gasteiger partial charge in [-0.1, -0.05) is 70.8 Å². The number of nitrogens with one attached hydrogen (secondary N) is 8. The van der Waals surface area contributed by atoms with Crippen LogP contribution in [0.15, 0.2) is 117 Å². The maximum Gasteiger partial charge on any atom is 0.297 e. The standard InChI is InChI=1S/C72H104N8O24S4/c1-41-13-21-45(22-14-41)105(81,82)97-37-33-93-49-29-30-50(94-34-38-98-106(83,84)46-23-15-42(2)16-24-46)54-53(49)61-73-62(54)76-66-59-60(104-72(8,92-12)71(7,91-11)103-59)68(80-66)78-64-56-52(96-36-40-100-108(87,88)48-27-19-44(4)20-28-48)32-31-51(95-35-39-99-107(85,86)47-25-17-43(3)18-26-47)55(56)63(74-64)77-67-58-57(65(75-61)79-67)101-69(5,89-9)70(6,90-10)102-58/h13-28,49-68,73-80H,29-40H2,1-12H3/t49?,50?,51?,52?,53?,54?,55?,56?,57?,58?,59?,60?,61?,62?,63?,64?,65?,66?,67?,68?,69-,70-,71-,72-/m1/s1. The van der Waals surface area contributed by atoms with E-state index in [9.17, 15) is 33.7 Å². The van der Waals surface area contributed by atoms with Gasteiger partial charge in [0.2, 0.25) is 23.1 Å². The van der Waals surface area contributed by atoms with Gasteiger partial charge in [-0.2, -0.15) is 33.7 Å². The number of benzene rings is 4. The molecule has 8 N–H and O–H groups in total. The van der Waals surface area contributed by atoms with Crippen LogP contribution in [0.25, 0.3) is 0 Å². The van der Waals surface area contributed by atoms with E-state index in [1.807, 2.05) is 27.7 Å². The van der Waals surface area contributed by atoms with E-state index in [-0.39, 0.29) is 72.4 Å². The summed E-state index contributed by atoms with van der Waals surface area (Å²) in [6, 6.07) is 25.4. The molecule has 2 aliphatic carbocycles. The fourth-order valence-corrected chi connectivity index (χ4v) is 20.3. The van der Waals surface area contributed by atoms with Gasteiger partial charge in [-0.3, -0.25) is 59.3 Å². The van der Waals surface area contributed by atoms with Crippen LogP contribution in [-0.4, -0.2) is 236 Å². The predicted molar refractivity (Wildman–Crippen MR) is 385 cm³/mol. The summed E-state index contributed by atoms with van der Waals surface area (Å²) in [6.07, 6.45) is -10.9. The van der Waals surface area contributed by atoms with Gasteiger partial charge >= 0.3 is 0 Å². The molecule has 108 heavy (non-hydrogen) atoms. The smallest absolute Gasteiger partial charge is 0.297 e. The van der Waals surface area contributed by atoms with Crippen LogP contribution in [0.3, 0.4) is 0 Å². The number of hydrogen-bond donors (Lipinski definition) is 8. The van der Waals surface area contributed by atoms with Crippen molar-refractivity contribution in [2.24, 2.45) is 23.7 Å². The molecule has 0 spiro atoms. The number of methoxy groups -OCH3 is 4. The van der Waals surface area contributed by atoms with Crippen molar-refractivity contribution in [3.63, 3.8) is 0 Å². The van der Waals surface area contributed by atoms with E-state index in [4.69, 9.17) is 73.6 Å². The van der Waals surface area contributed by atoms with E-state index in [1.54, 1.807) is 76.2 Å². The minimum Gasteiger partial charge on any atom is -0.375 e. The molecule has 2 saturated carbocycles. The monoisotopic (exact) mass is 1590 g/mol. The molecule has 13 rings (SSSR count). The van der Waals surface area contributed by atoms with Crippen LogP contribution in [0.5, 0.6) is 0 Å². The van der Waals surface area contributed by atoms with Crippen LogP contribution < -0.4 is 42.5 Å². The summed E-state index contributed by atoms with van der Waals surface area (Å²) in [5.74, 6) is -8.39. The van der Waals surface area contributed by atoms with Crippen molar-refractivity contribution >= 4 is 40.5 Å². The van der Waals surface area contributed by atoms with Crippen molar-refractivity contribution in [2.75, 3.05) is 81.3 Å². The molecule has 4 aromatic carbocycles. The molecule has 0 radical (unpaired) electrons. The lowest BCUT2D eigenvalue weighted by Gasteiger charge is -2.52. The quantitative estimate of drug-likeness (QED) is 0.0299. The Bertz CT molecular complexity index is 3680. The molecule has 24 atom stereocenters. The number of aryl methyl sites for hydroxylation is 4. The number of rotatable bonds is 28. The zero-order valence-corrected chi connectivity index (χ0v) is 66.0. The lowest BCUT2D eigenvalue weighted by molar-refractivity contribution is -0.446. The highest BCUT2D eigenvalue weighted by atomic mass is 32.2. The van der Waals surface area contributed by atoms with Gasteiger partial charge < -0.3 is 56.8 Å². The normalized spacial score (nSPS) is 37.7. The molecule has 36 heteroatoms. The molecule has 32 nitrogen and oxygen atoms in total. The molecule has 7 aliphatic heterocycles. The number of ether oxygens (including phenoxy) is 12. The van der Waals surface area contributed by atoms with Crippen molar-refractivity contribution < 1.29 is 107 Å². The second kappa shape index (κ2) is 32.9. The summed E-state index contributed by atoms with van der Waals surface area (Å²) in [7, 11) is -10.8. The Morgan fingerprint density at radius 1 is 0.296 bits per heavy atom. The summed E-state index contributed by atoms with van der Waals surface area (Å²) >= 11 is 0. The number of fused-ring (bicyclic) bond motifs is 20. The van der Waals surface area contributed by atoms with Gasteiger partial charge in [-0.15, -0.1) is 0 Å². The van der Waals surface area contributed by atoms with Crippen LogP contribution in [-0.2, 0) is 114 Å². The Morgan fingerprint density at radius 2 is 0.472 bits per heavy atom. The average Bonchev–Trinajstić information content (AvgIpc) is 1.55. The zero-order valence-electron chi connectivity index (χ0n) is 62.7. The largest absolute Gasteiger partial charge is 0.375 e. The van der Waals surface area contributed by atoms with Crippen LogP contribution in [0.4, 0.5) is 0 Å². The molecular weight excluding hydrogens is 1490 g/mol. The van der Waals surface area contributed by atoms with Crippen LogP contribution >= 0.6 is 0 Å². The maximum absolute atomic E-state index is 13.6. The summed E-state index contributed by atoms with van der Waals surface area (Å²) in [5, 5.41) is 31.1. The molecule has 600 valence electrons. The first kappa shape index (κ1) is 81.7. The molecule has 4 aromatic rings. The Kier molecular flexibility index (Phi) is 24.9. The van der Waals surface area contributed by atoms with Crippen molar-refractivity contribution in [2.45, 2.75) is 222 Å². The second-order valence-electron chi connectivity index (χ2n) is 29.5. The average molecular weight is 1590 g/mol. The van der Waals surface area contributed by atoms with Crippen LogP contribution in [0, 0.1) is 51.4 Å². The van der Waals surface area contributed by atoms with E-state index in [2.05, 4.69) is 42.5 Å². The van der Waals surface area contributed by atoms with E-state index >= 15 is 0 Å². The molecule has 8 bridgehead atoms.